The number of amides is 1. The standard InChI is InChI=1S/C13H24N2O2S.ClH/c1-2-18-11-5-3-4-10(8-11)15-13(16)12-9-14-6-7-17-12;/h10-12,14H,2-9H2,1H3,(H,15,16);1H. The first-order valence-corrected chi connectivity index (χ1v) is 8.08. The summed E-state index contributed by atoms with van der Waals surface area (Å²) in [5.41, 5.74) is 0. The first kappa shape index (κ1) is 17.1. The van der Waals surface area contributed by atoms with E-state index in [1.54, 1.807) is 0 Å². The lowest BCUT2D eigenvalue weighted by Gasteiger charge is -2.31. The van der Waals surface area contributed by atoms with Crippen LogP contribution in [0.15, 0.2) is 0 Å². The largest absolute Gasteiger partial charge is 0.366 e. The lowest BCUT2D eigenvalue weighted by atomic mass is 9.95. The highest BCUT2D eigenvalue weighted by Gasteiger charge is 2.27. The van der Waals surface area contributed by atoms with Crippen LogP contribution in [-0.2, 0) is 9.53 Å². The molecule has 4 nitrogen and oxygen atoms in total. The summed E-state index contributed by atoms with van der Waals surface area (Å²) in [5, 5.41) is 7.07. The van der Waals surface area contributed by atoms with Gasteiger partial charge in [0.05, 0.1) is 6.61 Å². The van der Waals surface area contributed by atoms with Gasteiger partial charge in [-0.1, -0.05) is 13.3 Å². The van der Waals surface area contributed by atoms with E-state index in [4.69, 9.17) is 4.74 Å². The van der Waals surface area contributed by atoms with Crippen LogP contribution in [0.4, 0.5) is 0 Å². The second-order valence-electron chi connectivity index (χ2n) is 5.01. The molecule has 3 unspecified atom stereocenters. The lowest BCUT2D eigenvalue weighted by Crippen LogP contribution is -2.51. The molecule has 19 heavy (non-hydrogen) atoms. The summed E-state index contributed by atoms with van der Waals surface area (Å²) in [4.78, 5) is 12.0. The third kappa shape index (κ3) is 5.50. The average molecular weight is 309 g/mol. The number of rotatable bonds is 4. The summed E-state index contributed by atoms with van der Waals surface area (Å²) in [7, 11) is 0. The molecular formula is C13H25ClN2O2S. The Balaban J connectivity index is 0.00000180. The molecule has 0 aromatic carbocycles. The van der Waals surface area contributed by atoms with Crippen LogP contribution < -0.4 is 10.6 Å². The van der Waals surface area contributed by atoms with Gasteiger partial charge in [-0.2, -0.15) is 11.8 Å². The van der Waals surface area contributed by atoms with Crippen LogP contribution in [0, 0.1) is 0 Å². The van der Waals surface area contributed by atoms with Crippen molar-refractivity contribution >= 4 is 30.1 Å². The summed E-state index contributed by atoms with van der Waals surface area (Å²) in [5.74, 6) is 1.23. The second kappa shape index (κ2) is 9.06. The predicted octanol–water partition coefficient (Wildman–Crippen LogP) is 1.58. The number of ether oxygens (including phenoxy) is 1. The van der Waals surface area contributed by atoms with Gasteiger partial charge in [-0.25, -0.2) is 0 Å². The molecule has 1 aliphatic carbocycles. The summed E-state index contributed by atoms with van der Waals surface area (Å²) < 4.78 is 5.48. The number of hydrogen-bond donors (Lipinski definition) is 2. The Kier molecular flexibility index (Phi) is 8.14. The number of halogens is 1. The van der Waals surface area contributed by atoms with Crippen LogP contribution in [0.1, 0.15) is 32.6 Å². The van der Waals surface area contributed by atoms with Gasteiger partial charge in [0.2, 0.25) is 0 Å². The summed E-state index contributed by atoms with van der Waals surface area (Å²) in [6.07, 6.45) is 4.47. The zero-order valence-electron chi connectivity index (χ0n) is 11.5. The minimum absolute atomic E-state index is 0. The predicted molar refractivity (Wildman–Crippen MR) is 82.2 cm³/mol. The van der Waals surface area contributed by atoms with E-state index in [1.165, 1.54) is 18.6 Å². The van der Waals surface area contributed by atoms with Gasteiger partial charge in [-0.15, -0.1) is 12.4 Å². The second-order valence-corrected chi connectivity index (χ2v) is 6.59. The van der Waals surface area contributed by atoms with Crippen molar-refractivity contribution in [3.05, 3.63) is 0 Å². The molecule has 2 N–H and O–H groups in total. The molecule has 1 amide bonds. The number of carbonyl (C=O) groups excluding carboxylic acids is 1. The molecule has 0 bridgehead atoms. The summed E-state index contributed by atoms with van der Waals surface area (Å²) in [6, 6.07) is 0.348. The maximum Gasteiger partial charge on any atom is 0.250 e. The molecule has 0 spiro atoms. The molecule has 3 atom stereocenters. The maximum atomic E-state index is 12.0. The van der Waals surface area contributed by atoms with Gasteiger partial charge < -0.3 is 15.4 Å². The molecule has 2 fully saturated rings. The molecule has 112 valence electrons. The molecule has 1 aliphatic heterocycles. The molecule has 1 heterocycles. The van der Waals surface area contributed by atoms with Gasteiger partial charge in [-0.05, 0) is 25.0 Å². The fourth-order valence-electron chi connectivity index (χ4n) is 2.69. The molecule has 0 aromatic rings. The fourth-order valence-corrected chi connectivity index (χ4v) is 3.86. The van der Waals surface area contributed by atoms with Crippen molar-refractivity contribution < 1.29 is 9.53 Å². The fraction of sp³-hybridized carbons (Fsp3) is 0.923. The van der Waals surface area contributed by atoms with Gasteiger partial charge in [0.1, 0.15) is 6.10 Å². The third-order valence-corrected chi connectivity index (χ3v) is 4.83. The van der Waals surface area contributed by atoms with E-state index < -0.39 is 0 Å². The number of thioether (sulfide) groups is 1. The van der Waals surface area contributed by atoms with Crippen molar-refractivity contribution in [3.8, 4) is 0 Å². The highest BCUT2D eigenvalue weighted by Crippen LogP contribution is 2.28. The normalized spacial score (nSPS) is 31.3. The third-order valence-electron chi connectivity index (χ3n) is 3.59. The Bertz CT molecular complexity index is 273. The van der Waals surface area contributed by atoms with Crippen LogP contribution >= 0.6 is 24.2 Å². The van der Waals surface area contributed by atoms with Crippen molar-refractivity contribution in [2.45, 2.75) is 50.0 Å². The average Bonchev–Trinajstić information content (AvgIpc) is 2.40. The van der Waals surface area contributed by atoms with Crippen molar-refractivity contribution in [2.75, 3.05) is 25.4 Å². The molecule has 2 aliphatic rings. The van der Waals surface area contributed by atoms with Crippen LogP contribution in [0.5, 0.6) is 0 Å². The van der Waals surface area contributed by atoms with Gasteiger partial charge >= 0.3 is 0 Å². The summed E-state index contributed by atoms with van der Waals surface area (Å²) >= 11 is 2.02. The smallest absolute Gasteiger partial charge is 0.250 e. The molecule has 0 aromatic heterocycles. The van der Waals surface area contributed by atoms with Gasteiger partial charge in [0.25, 0.3) is 5.91 Å². The summed E-state index contributed by atoms with van der Waals surface area (Å²) in [6.45, 7) is 4.33. The first-order chi connectivity index (χ1) is 8.79. The highest BCUT2D eigenvalue weighted by molar-refractivity contribution is 7.99. The highest BCUT2D eigenvalue weighted by atomic mass is 35.5. The Morgan fingerprint density at radius 3 is 3.00 bits per heavy atom. The zero-order chi connectivity index (χ0) is 12.8. The van der Waals surface area contributed by atoms with E-state index in [2.05, 4.69) is 17.6 Å². The van der Waals surface area contributed by atoms with Crippen LogP contribution in [0.3, 0.4) is 0 Å². The number of carbonyl (C=O) groups is 1. The van der Waals surface area contributed by atoms with Crippen molar-refractivity contribution in [1.82, 2.24) is 10.6 Å². The SMILES string of the molecule is CCSC1CCCC(NC(=O)C2CNCCO2)C1.Cl. The van der Waals surface area contributed by atoms with E-state index in [9.17, 15) is 4.79 Å². The zero-order valence-corrected chi connectivity index (χ0v) is 13.2. The molecular weight excluding hydrogens is 284 g/mol. The topological polar surface area (TPSA) is 50.4 Å². The van der Waals surface area contributed by atoms with E-state index in [-0.39, 0.29) is 24.4 Å². The minimum atomic E-state index is -0.294. The van der Waals surface area contributed by atoms with Crippen molar-refractivity contribution in [3.63, 3.8) is 0 Å². The van der Waals surface area contributed by atoms with Gasteiger partial charge in [0, 0.05) is 24.4 Å². The van der Waals surface area contributed by atoms with E-state index in [0.29, 0.717) is 19.2 Å². The molecule has 1 saturated heterocycles. The molecule has 1 saturated carbocycles. The maximum absolute atomic E-state index is 12.0. The van der Waals surface area contributed by atoms with Crippen LogP contribution in [-0.4, -0.2) is 48.8 Å². The molecule has 2 rings (SSSR count). The number of morpholine rings is 1. The van der Waals surface area contributed by atoms with Gasteiger partial charge in [-0.3, -0.25) is 4.79 Å². The van der Waals surface area contributed by atoms with Crippen LogP contribution in [0.2, 0.25) is 0 Å². The van der Waals surface area contributed by atoms with Gasteiger partial charge in [0.15, 0.2) is 0 Å². The molecule has 0 radical (unpaired) electrons. The minimum Gasteiger partial charge on any atom is -0.366 e. The van der Waals surface area contributed by atoms with E-state index in [0.717, 1.165) is 24.6 Å². The molecule has 6 heteroatoms. The number of nitrogens with one attached hydrogen (secondary N) is 2. The Morgan fingerprint density at radius 2 is 2.32 bits per heavy atom. The van der Waals surface area contributed by atoms with Crippen molar-refractivity contribution in [1.29, 1.82) is 0 Å². The monoisotopic (exact) mass is 308 g/mol. The Labute approximate surface area is 126 Å². The number of hydrogen-bond acceptors (Lipinski definition) is 4. The quantitative estimate of drug-likeness (QED) is 0.828. The van der Waals surface area contributed by atoms with E-state index in [1.807, 2.05) is 11.8 Å². The Hall–Kier alpha value is 0.0300. The van der Waals surface area contributed by atoms with Crippen LogP contribution in [0.25, 0.3) is 0 Å². The first-order valence-electron chi connectivity index (χ1n) is 7.04. The van der Waals surface area contributed by atoms with E-state index >= 15 is 0 Å². The lowest BCUT2D eigenvalue weighted by molar-refractivity contribution is -0.135. The Morgan fingerprint density at radius 1 is 1.47 bits per heavy atom. The van der Waals surface area contributed by atoms with Crippen molar-refractivity contribution in [2.24, 2.45) is 0 Å².